The quantitative estimate of drug-likeness (QED) is 0.741. The van der Waals surface area contributed by atoms with Gasteiger partial charge in [0.15, 0.2) is 0 Å². The summed E-state index contributed by atoms with van der Waals surface area (Å²) in [5.74, 6) is 0. The summed E-state index contributed by atoms with van der Waals surface area (Å²) in [5.41, 5.74) is 2.60. The zero-order chi connectivity index (χ0) is 10.7. The molecule has 1 N–H and O–H groups in total. The molecule has 0 fully saturated rings. The van der Waals surface area contributed by atoms with Crippen molar-refractivity contribution >= 4 is 11.4 Å². The topological polar surface area (TPSA) is 32.6 Å². The highest BCUT2D eigenvalue weighted by molar-refractivity contribution is 6.06. The fourth-order valence-corrected chi connectivity index (χ4v) is 1.51. The number of para-hydroxylation sites is 1. The van der Waals surface area contributed by atoms with Gasteiger partial charge in [0, 0.05) is 0 Å². The number of hydrogen-bond acceptors (Lipinski definition) is 2. The Hall–Kier alpha value is -1.67. The molecule has 2 rings (SSSR count). The Morgan fingerprint density at radius 3 is 2.60 bits per heavy atom. The van der Waals surface area contributed by atoms with E-state index in [4.69, 9.17) is 0 Å². The minimum absolute atomic E-state index is 0.588. The first-order valence-corrected chi connectivity index (χ1v) is 4.94. The highest BCUT2D eigenvalue weighted by Gasteiger charge is 2.13. The molecule has 0 saturated heterocycles. The number of aliphatic hydroxyl groups is 1. The summed E-state index contributed by atoms with van der Waals surface area (Å²) in [6, 6.07) is 9.66. The van der Waals surface area contributed by atoms with Crippen LogP contribution in [0.25, 0.3) is 0 Å². The van der Waals surface area contributed by atoms with Crippen molar-refractivity contribution in [3.8, 4) is 0 Å². The van der Waals surface area contributed by atoms with E-state index in [9.17, 15) is 5.11 Å². The summed E-state index contributed by atoms with van der Waals surface area (Å²) in [6.07, 6.45) is 4.95. The first-order chi connectivity index (χ1) is 7.27. The summed E-state index contributed by atoms with van der Waals surface area (Å²) in [6.45, 7) is 1.95. The number of aliphatic hydroxyl groups excluding tert-OH is 1. The third kappa shape index (κ3) is 2.22. The molecular formula is C13H13NO. The smallest absolute Gasteiger partial charge is 0.115 e. The van der Waals surface area contributed by atoms with Crippen molar-refractivity contribution in [1.29, 1.82) is 0 Å². The molecule has 1 aromatic carbocycles. The van der Waals surface area contributed by atoms with Crippen molar-refractivity contribution in [1.82, 2.24) is 0 Å². The maximum Gasteiger partial charge on any atom is 0.115 e. The van der Waals surface area contributed by atoms with Crippen LogP contribution >= 0.6 is 0 Å². The molecule has 15 heavy (non-hydrogen) atoms. The van der Waals surface area contributed by atoms with Crippen molar-refractivity contribution in [2.24, 2.45) is 4.99 Å². The van der Waals surface area contributed by atoms with Gasteiger partial charge in [-0.1, -0.05) is 36.4 Å². The van der Waals surface area contributed by atoms with E-state index in [0.717, 1.165) is 17.0 Å². The van der Waals surface area contributed by atoms with Gasteiger partial charge in [-0.3, -0.25) is 4.99 Å². The lowest BCUT2D eigenvalue weighted by Gasteiger charge is -2.14. The second kappa shape index (κ2) is 4.24. The molecule has 0 radical (unpaired) electrons. The van der Waals surface area contributed by atoms with Gasteiger partial charge in [-0.2, -0.15) is 0 Å². The van der Waals surface area contributed by atoms with Crippen molar-refractivity contribution in [2.45, 2.75) is 13.0 Å². The number of aliphatic imine (C=N–C) groups is 1. The Balaban J connectivity index is 2.35. The van der Waals surface area contributed by atoms with Crippen molar-refractivity contribution < 1.29 is 5.11 Å². The van der Waals surface area contributed by atoms with Crippen molar-refractivity contribution in [2.75, 3.05) is 0 Å². The van der Waals surface area contributed by atoms with E-state index in [1.807, 2.05) is 49.4 Å². The Morgan fingerprint density at radius 1 is 1.20 bits per heavy atom. The fraction of sp³-hybridized carbons (Fsp3) is 0.154. The lowest BCUT2D eigenvalue weighted by molar-refractivity contribution is 0.288. The second-order valence-electron chi connectivity index (χ2n) is 3.51. The van der Waals surface area contributed by atoms with Gasteiger partial charge < -0.3 is 5.11 Å². The van der Waals surface area contributed by atoms with E-state index in [2.05, 4.69) is 4.99 Å². The Kier molecular flexibility index (Phi) is 2.79. The van der Waals surface area contributed by atoms with Crippen LogP contribution in [0, 0.1) is 0 Å². The standard InChI is InChI=1S/C13H13NO/c1-10-6-5-9-12(15)13(10)14-11-7-3-2-4-8-11/h2-9,12,15H,1H3. The van der Waals surface area contributed by atoms with Gasteiger partial charge in [0.25, 0.3) is 0 Å². The highest BCUT2D eigenvalue weighted by atomic mass is 16.3. The summed E-state index contributed by atoms with van der Waals surface area (Å²) in [7, 11) is 0. The molecule has 1 aromatic rings. The third-order valence-electron chi connectivity index (χ3n) is 2.33. The predicted molar refractivity (Wildman–Crippen MR) is 62.4 cm³/mol. The van der Waals surface area contributed by atoms with Gasteiger partial charge in [0.1, 0.15) is 6.10 Å². The molecule has 0 amide bonds. The average molecular weight is 199 g/mol. The van der Waals surface area contributed by atoms with Crippen LogP contribution in [0.2, 0.25) is 0 Å². The number of rotatable bonds is 1. The van der Waals surface area contributed by atoms with Crippen molar-refractivity contribution in [3.63, 3.8) is 0 Å². The Labute approximate surface area is 89.3 Å². The molecular weight excluding hydrogens is 186 g/mol. The van der Waals surface area contributed by atoms with Crippen LogP contribution in [0.15, 0.2) is 59.1 Å². The van der Waals surface area contributed by atoms with Crippen LogP contribution in [0.3, 0.4) is 0 Å². The maximum absolute atomic E-state index is 9.74. The molecule has 0 aromatic heterocycles. The number of hydrogen-bond donors (Lipinski definition) is 1. The number of nitrogens with zero attached hydrogens (tertiary/aromatic N) is 1. The molecule has 1 aliphatic rings. The van der Waals surface area contributed by atoms with Gasteiger partial charge in [-0.15, -0.1) is 0 Å². The monoisotopic (exact) mass is 199 g/mol. The largest absolute Gasteiger partial charge is 0.383 e. The minimum Gasteiger partial charge on any atom is -0.383 e. The van der Waals surface area contributed by atoms with Crippen LogP contribution in [0.4, 0.5) is 5.69 Å². The van der Waals surface area contributed by atoms with E-state index >= 15 is 0 Å². The zero-order valence-corrected chi connectivity index (χ0v) is 8.59. The molecule has 76 valence electrons. The first kappa shape index (κ1) is 9.87. The third-order valence-corrected chi connectivity index (χ3v) is 2.33. The van der Waals surface area contributed by atoms with E-state index in [-0.39, 0.29) is 0 Å². The van der Waals surface area contributed by atoms with E-state index in [1.54, 1.807) is 6.08 Å². The summed E-state index contributed by atoms with van der Waals surface area (Å²) in [4.78, 5) is 4.43. The van der Waals surface area contributed by atoms with Crippen molar-refractivity contribution in [3.05, 3.63) is 54.1 Å². The SMILES string of the molecule is CC1=CC=CC(O)C1=Nc1ccccc1. The highest BCUT2D eigenvalue weighted by Crippen LogP contribution is 2.17. The summed E-state index contributed by atoms with van der Waals surface area (Å²) < 4.78 is 0. The van der Waals surface area contributed by atoms with Gasteiger partial charge in [0.2, 0.25) is 0 Å². The van der Waals surface area contributed by atoms with Gasteiger partial charge in [-0.25, -0.2) is 0 Å². The zero-order valence-electron chi connectivity index (χ0n) is 8.59. The van der Waals surface area contributed by atoms with E-state index in [0.29, 0.717) is 0 Å². The molecule has 2 nitrogen and oxygen atoms in total. The minimum atomic E-state index is -0.588. The van der Waals surface area contributed by atoms with E-state index in [1.165, 1.54) is 0 Å². The average Bonchev–Trinajstić information content (AvgIpc) is 2.25. The van der Waals surface area contributed by atoms with Crippen LogP contribution < -0.4 is 0 Å². The number of allylic oxidation sites excluding steroid dienone is 2. The molecule has 0 aliphatic heterocycles. The van der Waals surface area contributed by atoms with Crippen LogP contribution in [0.5, 0.6) is 0 Å². The second-order valence-corrected chi connectivity index (χ2v) is 3.51. The maximum atomic E-state index is 9.74. The van der Waals surface area contributed by atoms with Crippen LogP contribution in [-0.2, 0) is 0 Å². The Bertz CT molecular complexity index is 429. The molecule has 2 heteroatoms. The predicted octanol–water partition coefficient (Wildman–Crippen LogP) is 2.64. The normalized spacial score (nSPS) is 22.9. The summed E-state index contributed by atoms with van der Waals surface area (Å²) in [5, 5.41) is 9.74. The van der Waals surface area contributed by atoms with Gasteiger partial charge in [-0.05, 0) is 24.6 Å². The first-order valence-electron chi connectivity index (χ1n) is 4.94. The van der Waals surface area contributed by atoms with Gasteiger partial charge in [0.05, 0.1) is 11.4 Å². The molecule has 0 saturated carbocycles. The Morgan fingerprint density at radius 2 is 1.93 bits per heavy atom. The lowest BCUT2D eigenvalue weighted by atomic mass is 10.0. The molecule has 1 atom stereocenters. The molecule has 1 aliphatic carbocycles. The molecule has 0 bridgehead atoms. The summed E-state index contributed by atoms with van der Waals surface area (Å²) >= 11 is 0. The molecule has 0 heterocycles. The molecule has 0 spiro atoms. The van der Waals surface area contributed by atoms with Crippen LogP contribution in [-0.4, -0.2) is 16.9 Å². The van der Waals surface area contributed by atoms with Gasteiger partial charge >= 0.3 is 0 Å². The lowest BCUT2D eigenvalue weighted by Crippen LogP contribution is -2.20. The van der Waals surface area contributed by atoms with E-state index < -0.39 is 6.10 Å². The molecule has 1 unspecified atom stereocenters. The number of benzene rings is 1. The van der Waals surface area contributed by atoms with Crippen LogP contribution in [0.1, 0.15) is 6.92 Å². The fourth-order valence-electron chi connectivity index (χ4n) is 1.51.